The molecule has 3 aliphatic rings. The van der Waals surface area contributed by atoms with Gasteiger partial charge in [0.1, 0.15) is 6.54 Å². The molecular formula is C23H31N3O4. The zero-order valence-electron chi connectivity index (χ0n) is 17.6. The second kappa shape index (κ2) is 8.19. The van der Waals surface area contributed by atoms with Crippen molar-refractivity contribution in [3.63, 3.8) is 0 Å². The van der Waals surface area contributed by atoms with Crippen LogP contribution in [0.1, 0.15) is 44.9 Å². The average molecular weight is 414 g/mol. The van der Waals surface area contributed by atoms with Gasteiger partial charge in [-0.1, -0.05) is 18.6 Å². The van der Waals surface area contributed by atoms with E-state index in [0.717, 1.165) is 32.3 Å². The minimum absolute atomic E-state index is 0.0260. The van der Waals surface area contributed by atoms with Crippen molar-refractivity contribution in [2.45, 2.75) is 63.1 Å². The number of carbonyl (C=O) groups excluding carboxylic acids is 1. The Morgan fingerprint density at radius 1 is 1.07 bits per heavy atom. The molecule has 1 atom stereocenters. The summed E-state index contributed by atoms with van der Waals surface area (Å²) in [7, 11) is 0. The van der Waals surface area contributed by atoms with Crippen LogP contribution >= 0.6 is 0 Å². The van der Waals surface area contributed by atoms with Gasteiger partial charge < -0.3 is 19.0 Å². The van der Waals surface area contributed by atoms with E-state index in [1.54, 1.807) is 6.07 Å². The fourth-order valence-corrected chi connectivity index (χ4v) is 5.51. The molecule has 162 valence electrons. The Labute approximate surface area is 176 Å². The molecule has 7 nitrogen and oxygen atoms in total. The number of nitrogens with zero attached hydrogens (tertiary/aromatic N) is 3. The molecule has 0 radical (unpaired) electrons. The zero-order valence-corrected chi connectivity index (χ0v) is 17.6. The molecule has 0 N–H and O–H groups in total. The number of para-hydroxylation sites is 2. The highest BCUT2D eigenvalue weighted by atomic mass is 16.5. The first-order valence-corrected chi connectivity index (χ1v) is 11.4. The largest absolute Gasteiger partial charge is 0.420 e. The van der Waals surface area contributed by atoms with Crippen molar-refractivity contribution in [1.29, 1.82) is 0 Å². The van der Waals surface area contributed by atoms with Gasteiger partial charge in [-0.3, -0.25) is 9.36 Å². The molecule has 1 aromatic heterocycles. The van der Waals surface area contributed by atoms with Crippen LogP contribution in [-0.2, 0) is 16.1 Å². The normalized spacial score (nSPS) is 25.1. The molecule has 30 heavy (non-hydrogen) atoms. The number of piperidine rings is 2. The third-order valence-corrected chi connectivity index (χ3v) is 7.27. The van der Waals surface area contributed by atoms with Crippen LogP contribution in [0.25, 0.3) is 11.1 Å². The van der Waals surface area contributed by atoms with E-state index in [-0.39, 0.29) is 18.1 Å². The van der Waals surface area contributed by atoms with Crippen LogP contribution in [0.3, 0.4) is 0 Å². The summed E-state index contributed by atoms with van der Waals surface area (Å²) in [6.45, 7) is 4.68. The topological polar surface area (TPSA) is 67.9 Å². The lowest BCUT2D eigenvalue weighted by Gasteiger charge is -2.49. The summed E-state index contributed by atoms with van der Waals surface area (Å²) in [5.74, 6) is -0.500. The Balaban J connectivity index is 1.21. The van der Waals surface area contributed by atoms with E-state index in [9.17, 15) is 9.59 Å². The molecule has 1 unspecified atom stereocenters. The summed E-state index contributed by atoms with van der Waals surface area (Å²) in [6, 6.07) is 7.86. The van der Waals surface area contributed by atoms with Crippen LogP contribution in [0.15, 0.2) is 33.5 Å². The number of carbonyl (C=O) groups is 1. The van der Waals surface area contributed by atoms with Crippen LogP contribution in [-0.4, -0.2) is 64.7 Å². The smallest absolute Gasteiger partial charge is 0.408 e. The fraction of sp³-hybridized carbons (Fsp3) is 0.652. The predicted octanol–water partition coefficient (Wildman–Crippen LogP) is 2.62. The number of likely N-dealkylation sites (tertiary alicyclic amines) is 2. The van der Waals surface area contributed by atoms with E-state index in [2.05, 4.69) is 4.90 Å². The van der Waals surface area contributed by atoms with Gasteiger partial charge >= 0.3 is 5.76 Å². The second-order valence-corrected chi connectivity index (χ2v) is 9.08. The number of oxazole rings is 1. The summed E-state index contributed by atoms with van der Waals surface area (Å²) in [5, 5.41) is 0. The third-order valence-electron chi connectivity index (χ3n) is 7.27. The van der Waals surface area contributed by atoms with Crippen molar-refractivity contribution in [1.82, 2.24) is 14.4 Å². The van der Waals surface area contributed by atoms with Gasteiger partial charge in [0, 0.05) is 25.7 Å². The van der Waals surface area contributed by atoms with Gasteiger partial charge in [0.25, 0.3) is 0 Å². The first-order chi connectivity index (χ1) is 14.6. The number of benzene rings is 1. The number of amides is 1. The number of fused-ring (bicyclic) bond motifs is 1. The SMILES string of the molecule is O=C(Cn1c(=O)oc2ccccc21)N1CCC2(CC1)CC(N1CCCCC1)CCO2. The minimum atomic E-state index is -0.474. The van der Waals surface area contributed by atoms with Crippen molar-refractivity contribution in [3.8, 4) is 0 Å². The van der Waals surface area contributed by atoms with Gasteiger partial charge in [0.15, 0.2) is 5.58 Å². The van der Waals surface area contributed by atoms with Gasteiger partial charge in [-0.15, -0.1) is 0 Å². The number of hydrogen-bond acceptors (Lipinski definition) is 5. The van der Waals surface area contributed by atoms with Crippen LogP contribution in [0.2, 0.25) is 0 Å². The lowest BCUT2D eigenvalue weighted by atomic mass is 9.81. The number of hydrogen-bond donors (Lipinski definition) is 0. The lowest BCUT2D eigenvalue weighted by molar-refractivity contribution is -0.150. The lowest BCUT2D eigenvalue weighted by Crippen LogP contribution is -2.55. The maximum Gasteiger partial charge on any atom is 0.420 e. The van der Waals surface area contributed by atoms with E-state index in [4.69, 9.17) is 9.15 Å². The monoisotopic (exact) mass is 413 g/mol. The molecule has 4 heterocycles. The molecular weight excluding hydrogens is 382 g/mol. The highest BCUT2D eigenvalue weighted by Crippen LogP contribution is 2.37. The first kappa shape index (κ1) is 19.8. The molecule has 2 aromatic rings. The summed E-state index contributed by atoms with van der Waals surface area (Å²) in [4.78, 5) is 29.7. The average Bonchev–Trinajstić information content (AvgIpc) is 3.10. The van der Waals surface area contributed by atoms with Gasteiger partial charge in [0.05, 0.1) is 11.1 Å². The van der Waals surface area contributed by atoms with Crippen molar-refractivity contribution >= 4 is 17.0 Å². The summed E-state index contributed by atoms with van der Waals surface area (Å²) < 4.78 is 13.0. The van der Waals surface area contributed by atoms with Crippen molar-refractivity contribution in [3.05, 3.63) is 34.8 Å². The van der Waals surface area contributed by atoms with E-state index >= 15 is 0 Å². The number of ether oxygens (including phenoxy) is 1. The molecule has 5 rings (SSSR count). The fourth-order valence-electron chi connectivity index (χ4n) is 5.51. The van der Waals surface area contributed by atoms with E-state index in [1.165, 1.54) is 36.9 Å². The Morgan fingerprint density at radius 3 is 2.63 bits per heavy atom. The van der Waals surface area contributed by atoms with Crippen molar-refractivity contribution in [2.75, 3.05) is 32.8 Å². The van der Waals surface area contributed by atoms with Crippen molar-refractivity contribution < 1.29 is 13.9 Å². The summed E-state index contributed by atoms with van der Waals surface area (Å²) in [6.07, 6.45) is 7.95. The maximum absolute atomic E-state index is 12.9. The zero-order chi connectivity index (χ0) is 20.6. The summed E-state index contributed by atoms with van der Waals surface area (Å²) in [5.41, 5.74) is 1.10. The third kappa shape index (κ3) is 3.81. The second-order valence-electron chi connectivity index (χ2n) is 9.08. The number of aromatic nitrogens is 1. The van der Waals surface area contributed by atoms with Gasteiger partial charge in [0.2, 0.25) is 5.91 Å². The quantitative estimate of drug-likeness (QED) is 0.774. The molecule has 1 aromatic carbocycles. The molecule has 3 fully saturated rings. The highest BCUT2D eigenvalue weighted by Gasteiger charge is 2.42. The van der Waals surface area contributed by atoms with Gasteiger partial charge in [-0.05, 0) is 63.7 Å². The minimum Gasteiger partial charge on any atom is -0.408 e. The Kier molecular flexibility index (Phi) is 5.41. The van der Waals surface area contributed by atoms with E-state index in [0.29, 0.717) is 30.2 Å². The molecule has 3 aliphatic heterocycles. The highest BCUT2D eigenvalue weighted by molar-refractivity contribution is 5.79. The first-order valence-electron chi connectivity index (χ1n) is 11.4. The standard InChI is InChI=1S/C23H31N3O4/c27-21(17-26-19-6-2-3-7-20(19)30-22(26)28)25-13-9-23(10-14-25)16-18(8-15-29-23)24-11-4-1-5-12-24/h2-3,6-7,18H,1,4-5,8-17H2. The molecule has 1 spiro atoms. The molecule has 3 saturated heterocycles. The molecule has 7 heteroatoms. The summed E-state index contributed by atoms with van der Waals surface area (Å²) >= 11 is 0. The predicted molar refractivity (Wildman–Crippen MR) is 113 cm³/mol. The Morgan fingerprint density at radius 2 is 1.83 bits per heavy atom. The molecule has 0 aliphatic carbocycles. The Hall–Kier alpha value is -2.12. The van der Waals surface area contributed by atoms with Crippen molar-refractivity contribution in [2.24, 2.45) is 0 Å². The van der Waals surface area contributed by atoms with E-state index < -0.39 is 5.76 Å². The molecule has 1 amide bonds. The maximum atomic E-state index is 12.9. The van der Waals surface area contributed by atoms with Crippen LogP contribution < -0.4 is 5.76 Å². The van der Waals surface area contributed by atoms with Crippen LogP contribution in [0.5, 0.6) is 0 Å². The number of rotatable bonds is 3. The molecule has 0 bridgehead atoms. The van der Waals surface area contributed by atoms with E-state index in [1.807, 2.05) is 23.1 Å². The van der Waals surface area contributed by atoms with Crippen LogP contribution in [0, 0.1) is 0 Å². The van der Waals surface area contributed by atoms with Gasteiger partial charge in [-0.25, -0.2) is 4.79 Å². The van der Waals surface area contributed by atoms with Crippen LogP contribution in [0.4, 0.5) is 0 Å². The Bertz CT molecular complexity index is 951. The molecule has 0 saturated carbocycles. The van der Waals surface area contributed by atoms with Gasteiger partial charge in [-0.2, -0.15) is 0 Å².